The van der Waals surface area contributed by atoms with Crippen LogP contribution in [0.4, 0.5) is 8.78 Å². The molecule has 25 heavy (non-hydrogen) atoms. The normalized spacial score (nSPS) is 12.9. The number of hydrogen-bond donors (Lipinski definition) is 0. The molecule has 0 aromatic heterocycles. The molecule has 4 nitrogen and oxygen atoms in total. The number of alkyl halides is 2. The summed E-state index contributed by atoms with van der Waals surface area (Å²) < 4.78 is 39.9. The zero-order valence-electron chi connectivity index (χ0n) is 12.9. The van der Waals surface area contributed by atoms with Gasteiger partial charge in [-0.3, -0.25) is 0 Å². The number of halogens is 3. The number of para-hydroxylation sites is 1. The highest BCUT2D eigenvalue weighted by Crippen LogP contribution is 2.29. The number of hydrogen-bond acceptors (Lipinski definition) is 4. The van der Waals surface area contributed by atoms with Crippen LogP contribution in [0.2, 0.25) is 5.02 Å². The van der Waals surface area contributed by atoms with Crippen molar-refractivity contribution in [2.24, 2.45) is 0 Å². The maximum atomic E-state index is 12.4. The first-order chi connectivity index (χ1) is 12.0. The van der Waals surface area contributed by atoms with Crippen LogP contribution in [0, 0.1) is 0 Å². The molecule has 130 valence electrons. The topological polar surface area (TPSA) is 44.8 Å². The van der Waals surface area contributed by atoms with Crippen molar-refractivity contribution in [2.45, 2.75) is 13.2 Å². The Morgan fingerprint density at radius 2 is 2.04 bits per heavy atom. The second-order valence-electron chi connectivity index (χ2n) is 5.20. The minimum atomic E-state index is -2.95. The summed E-state index contributed by atoms with van der Waals surface area (Å²) in [4.78, 5) is 12.2. The van der Waals surface area contributed by atoms with Gasteiger partial charge in [-0.25, -0.2) is 4.79 Å². The van der Waals surface area contributed by atoms with E-state index in [1.165, 1.54) is 6.07 Å². The minimum absolute atomic E-state index is 0.0312. The molecule has 0 spiro atoms. The number of carbonyl (C=O) groups is 1. The fraction of sp³-hybridized carbons (Fsp3) is 0.167. The molecular formula is C18H13ClF2O4. The molecule has 0 fully saturated rings. The van der Waals surface area contributed by atoms with Gasteiger partial charge in [0.15, 0.2) is 0 Å². The van der Waals surface area contributed by atoms with Crippen molar-refractivity contribution in [3.05, 3.63) is 64.2 Å². The van der Waals surface area contributed by atoms with Crippen molar-refractivity contribution < 1.29 is 27.8 Å². The third-order valence-electron chi connectivity index (χ3n) is 3.49. The van der Waals surface area contributed by atoms with E-state index in [1.807, 2.05) is 0 Å². The molecule has 2 aromatic rings. The van der Waals surface area contributed by atoms with Crippen molar-refractivity contribution in [2.75, 3.05) is 6.61 Å². The standard InChI is InChI=1S/C18H13ClF2O4/c19-14-5-6-15-12(8-14)7-13(10-23-15)17(22)24-9-11-3-1-2-4-16(11)25-18(20)21/h1-8,18H,9-10H2. The summed E-state index contributed by atoms with van der Waals surface area (Å²) in [5.41, 5.74) is 1.33. The van der Waals surface area contributed by atoms with E-state index in [0.29, 0.717) is 27.5 Å². The van der Waals surface area contributed by atoms with Crippen LogP contribution in [-0.2, 0) is 16.1 Å². The van der Waals surface area contributed by atoms with E-state index in [0.717, 1.165) is 0 Å². The van der Waals surface area contributed by atoms with Crippen LogP contribution in [0.5, 0.6) is 11.5 Å². The monoisotopic (exact) mass is 366 g/mol. The van der Waals surface area contributed by atoms with Gasteiger partial charge in [-0.2, -0.15) is 8.78 Å². The molecule has 7 heteroatoms. The van der Waals surface area contributed by atoms with Crippen molar-refractivity contribution >= 4 is 23.6 Å². The van der Waals surface area contributed by atoms with Crippen LogP contribution in [-0.4, -0.2) is 19.2 Å². The maximum absolute atomic E-state index is 12.4. The smallest absolute Gasteiger partial charge is 0.387 e. The summed E-state index contributed by atoms with van der Waals surface area (Å²) in [5.74, 6) is -0.00888. The lowest BCUT2D eigenvalue weighted by Gasteiger charge is -2.17. The Morgan fingerprint density at radius 1 is 1.24 bits per heavy atom. The van der Waals surface area contributed by atoms with Crippen LogP contribution in [0.1, 0.15) is 11.1 Å². The Kier molecular flexibility index (Phi) is 5.19. The van der Waals surface area contributed by atoms with Crippen molar-refractivity contribution in [1.82, 2.24) is 0 Å². The van der Waals surface area contributed by atoms with Crippen molar-refractivity contribution in [3.8, 4) is 11.5 Å². The largest absolute Gasteiger partial charge is 0.488 e. The number of ether oxygens (including phenoxy) is 3. The molecule has 1 aliphatic rings. The quantitative estimate of drug-likeness (QED) is 0.733. The Hall–Kier alpha value is -2.60. The number of carbonyl (C=O) groups excluding carboxylic acids is 1. The van der Waals surface area contributed by atoms with Gasteiger partial charge in [0.25, 0.3) is 0 Å². The van der Waals surface area contributed by atoms with Gasteiger partial charge in [0.05, 0.1) is 5.57 Å². The van der Waals surface area contributed by atoms with E-state index < -0.39 is 12.6 Å². The fourth-order valence-electron chi connectivity index (χ4n) is 2.34. The van der Waals surface area contributed by atoms with Gasteiger partial charge in [-0.1, -0.05) is 29.8 Å². The first kappa shape index (κ1) is 17.2. The van der Waals surface area contributed by atoms with Crippen LogP contribution in [0.15, 0.2) is 48.0 Å². The van der Waals surface area contributed by atoms with Crippen molar-refractivity contribution in [3.63, 3.8) is 0 Å². The number of benzene rings is 2. The van der Waals surface area contributed by atoms with Crippen molar-refractivity contribution in [1.29, 1.82) is 0 Å². The Labute approximate surface area is 147 Å². The van der Waals surface area contributed by atoms with Gasteiger partial charge >= 0.3 is 12.6 Å². The van der Waals surface area contributed by atoms with Crippen LogP contribution in [0.25, 0.3) is 6.08 Å². The van der Waals surface area contributed by atoms with Gasteiger partial charge in [-0.15, -0.1) is 0 Å². The lowest BCUT2D eigenvalue weighted by atomic mass is 10.1. The molecule has 0 aliphatic carbocycles. The summed E-state index contributed by atoms with van der Waals surface area (Å²) in [6.07, 6.45) is 1.63. The summed E-state index contributed by atoms with van der Waals surface area (Å²) in [5, 5.41) is 0.520. The minimum Gasteiger partial charge on any atom is -0.488 e. The average molecular weight is 367 g/mol. The highest BCUT2D eigenvalue weighted by molar-refractivity contribution is 6.30. The predicted molar refractivity (Wildman–Crippen MR) is 87.8 cm³/mol. The molecular weight excluding hydrogens is 354 g/mol. The first-order valence-corrected chi connectivity index (χ1v) is 7.73. The van der Waals surface area contributed by atoms with E-state index in [2.05, 4.69) is 4.74 Å². The molecule has 0 unspecified atom stereocenters. The number of esters is 1. The van der Waals surface area contributed by atoms with Crippen LogP contribution < -0.4 is 9.47 Å². The summed E-state index contributed by atoms with van der Waals surface area (Å²) in [7, 11) is 0. The Bertz CT molecular complexity index is 820. The van der Waals surface area contributed by atoms with Gasteiger partial charge in [0.2, 0.25) is 0 Å². The zero-order chi connectivity index (χ0) is 17.8. The number of rotatable bonds is 5. The molecule has 0 saturated heterocycles. The molecule has 0 atom stereocenters. The fourth-order valence-corrected chi connectivity index (χ4v) is 2.52. The third kappa shape index (κ3) is 4.28. The summed E-state index contributed by atoms with van der Waals surface area (Å²) >= 11 is 5.93. The average Bonchev–Trinajstić information content (AvgIpc) is 2.59. The Morgan fingerprint density at radius 3 is 2.84 bits per heavy atom. The van der Waals surface area contributed by atoms with E-state index in [9.17, 15) is 13.6 Å². The predicted octanol–water partition coefficient (Wildman–Crippen LogP) is 4.46. The van der Waals surface area contributed by atoms with Gasteiger partial charge in [-0.05, 0) is 30.3 Å². The maximum Gasteiger partial charge on any atom is 0.387 e. The zero-order valence-corrected chi connectivity index (χ0v) is 13.6. The molecule has 0 amide bonds. The molecule has 3 rings (SSSR count). The van der Waals surface area contributed by atoms with E-state index >= 15 is 0 Å². The Balaban J connectivity index is 1.70. The molecule has 1 aliphatic heterocycles. The van der Waals surface area contributed by atoms with Gasteiger partial charge in [0, 0.05) is 16.1 Å². The first-order valence-electron chi connectivity index (χ1n) is 7.35. The van der Waals surface area contributed by atoms with Crippen LogP contribution in [0.3, 0.4) is 0 Å². The third-order valence-corrected chi connectivity index (χ3v) is 3.73. The lowest BCUT2D eigenvalue weighted by molar-refractivity contribution is -0.140. The highest BCUT2D eigenvalue weighted by Gasteiger charge is 2.19. The van der Waals surface area contributed by atoms with E-state index in [-0.39, 0.29) is 19.0 Å². The SMILES string of the molecule is O=C(OCc1ccccc1OC(F)F)C1=Cc2cc(Cl)ccc2OC1. The molecule has 0 saturated carbocycles. The van der Waals surface area contributed by atoms with Crippen LogP contribution >= 0.6 is 11.6 Å². The molecule has 0 bridgehead atoms. The second-order valence-corrected chi connectivity index (χ2v) is 5.64. The number of fused-ring (bicyclic) bond motifs is 1. The summed E-state index contributed by atoms with van der Waals surface area (Å²) in [6, 6.07) is 11.2. The van der Waals surface area contributed by atoms with Gasteiger partial charge < -0.3 is 14.2 Å². The van der Waals surface area contributed by atoms with E-state index in [4.69, 9.17) is 21.1 Å². The second kappa shape index (κ2) is 7.53. The molecule has 0 radical (unpaired) electrons. The summed E-state index contributed by atoms with van der Waals surface area (Å²) in [6.45, 7) is -3.09. The highest BCUT2D eigenvalue weighted by atomic mass is 35.5. The molecule has 1 heterocycles. The lowest BCUT2D eigenvalue weighted by Crippen LogP contribution is -2.17. The van der Waals surface area contributed by atoms with Gasteiger partial charge in [0.1, 0.15) is 24.7 Å². The van der Waals surface area contributed by atoms with E-state index in [1.54, 1.807) is 42.5 Å². The molecule has 0 N–H and O–H groups in total. The molecule has 2 aromatic carbocycles.